The van der Waals surface area contributed by atoms with Gasteiger partial charge in [-0.2, -0.15) is 0 Å². The molecule has 0 bridgehead atoms. The zero-order valence-electron chi connectivity index (χ0n) is 8.93. The fourth-order valence-electron chi connectivity index (χ4n) is 1.53. The first kappa shape index (κ1) is 11.6. The Morgan fingerprint density at radius 1 is 1.67 bits per heavy atom. The summed E-state index contributed by atoms with van der Waals surface area (Å²) in [6, 6.07) is 1.64. The molecule has 15 heavy (non-hydrogen) atoms. The summed E-state index contributed by atoms with van der Waals surface area (Å²) in [6.07, 6.45) is 1.85. The van der Waals surface area contributed by atoms with Crippen LogP contribution in [-0.2, 0) is 6.42 Å². The maximum atomic E-state index is 10.6. The molecule has 0 fully saturated rings. The van der Waals surface area contributed by atoms with E-state index in [0.29, 0.717) is 12.3 Å². The lowest BCUT2D eigenvalue weighted by molar-refractivity contribution is 0.187. The predicted molar refractivity (Wildman–Crippen MR) is 54.6 cm³/mol. The second kappa shape index (κ2) is 5.38. The van der Waals surface area contributed by atoms with Gasteiger partial charge < -0.3 is 14.9 Å². The summed E-state index contributed by atoms with van der Waals surface area (Å²) in [6.45, 7) is 4.11. The minimum atomic E-state index is -0.996. The van der Waals surface area contributed by atoms with Crippen LogP contribution in [0.2, 0.25) is 0 Å². The number of hydrogen-bond acceptors (Lipinski definition) is 3. The minimum Gasteiger partial charge on any atom is -0.465 e. The highest BCUT2D eigenvalue weighted by atomic mass is 16.5. The Bertz CT molecular complexity index is 296. The van der Waals surface area contributed by atoms with Crippen LogP contribution in [0.25, 0.3) is 0 Å². The fourth-order valence-corrected chi connectivity index (χ4v) is 1.53. The van der Waals surface area contributed by atoms with E-state index < -0.39 is 6.09 Å². The molecule has 1 atom stereocenters. The summed E-state index contributed by atoms with van der Waals surface area (Å²) in [5.74, 6) is 0.439. The first-order chi connectivity index (χ1) is 7.08. The first-order valence-electron chi connectivity index (χ1n) is 4.96. The van der Waals surface area contributed by atoms with Crippen molar-refractivity contribution in [2.45, 2.75) is 32.7 Å². The third-order valence-electron chi connectivity index (χ3n) is 2.03. The normalized spacial score (nSPS) is 12.7. The second-order valence-electron chi connectivity index (χ2n) is 3.97. The largest absolute Gasteiger partial charge is 0.465 e. The van der Waals surface area contributed by atoms with E-state index >= 15 is 0 Å². The van der Waals surface area contributed by atoms with Crippen molar-refractivity contribution in [3.63, 3.8) is 0 Å². The van der Waals surface area contributed by atoms with Crippen molar-refractivity contribution < 1.29 is 14.4 Å². The molecule has 1 heterocycles. The Balaban J connectivity index is 2.52. The zero-order valence-corrected chi connectivity index (χ0v) is 8.93. The van der Waals surface area contributed by atoms with Crippen molar-refractivity contribution in [2.75, 3.05) is 0 Å². The van der Waals surface area contributed by atoms with Crippen LogP contribution in [0.3, 0.4) is 0 Å². The third-order valence-corrected chi connectivity index (χ3v) is 2.03. The second-order valence-corrected chi connectivity index (χ2v) is 3.97. The lowest BCUT2D eigenvalue weighted by atomic mass is 10.00. The van der Waals surface area contributed by atoms with Crippen LogP contribution in [0.4, 0.5) is 4.79 Å². The fraction of sp³-hybridized carbons (Fsp3) is 0.600. The van der Waals surface area contributed by atoms with Gasteiger partial charge in [-0.1, -0.05) is 19.0 Å². The lowest BCUT2D eigenvalue weighted by Gasteiger charge is -2.17. The SMILES string of the molecule is CC(C)CC(Cc1ccon1)NC(=O)O. The molecule has 0 aliphatic carbocycles. The van der Waals surface area contributed by atoms with Crippen molar-refractivity contribution >= 4 is 6.09 Å². The summed E-state index contributed by atoms with van der Waals surface area (Å²) < 4.78 is 4.70. The van der Waals surface area contributed by atoms with Gasteiger partial charge in [-0.25, -0.2) is 4.79 Å². The molecule has 1 amide bonds. The van der Waals surface area contributed by atoms with Gasteiger partial charge in [0.25, 0.3) is 0 Å². The lowest BCUT2D eigenvalue weighted by Crippen LogP contribution is -2.36. The van der Waals surface area contributed by atoms with E-state index in [1.807, 2.05) is 0 Å². The molecule has 0 aromatic carbocycles. The van der Waals surface area contributed by atoms with Crippen molar-refractivity contribution in [1.29, 1.82) is 0 Å². The van der Waals surface area contributed by atoms with Crippen molar-refractivity contribution in [2.24, 2.45) is 5.92 Å². The quantitative estimate of drug-likeness (QED) is 0.781. The maximum absolute atomic E-state index is 10.6. The summed E-state index contributed by atoms with van der Waals surface area (Å²) in [5.41, 5.74) is 0.773. The van der Waals surface area contributed by atoms with Crippen LogP contribution >= 0.6 is 0 Å². The molecule has 0 aliphatic rings. The highest BCUT2D eigenvalue weighted by molar-refractivity contribution is 5.64. The van der Waals surface area contributed by atoms with Gasteiger partial charge in [-0.15, -0.1) is 0 Å². The number of hydrogen-bond donors (Lipinski definition) is 2. The standard InChI is InChI=1S/C10H16N2O3/c1-7(2)5-9(11-10(13)14)6-8-3-4-15-12-8/h3-4,7,9,11H,5-6H2,1-2H3,(H,13,14). The van der Waals surface area contributed by atoms with Crippen LogP contribution in [-0.4, -0.2) is 22.4 Å². The van der Waals surface area contributed by atoms with Crippen molar-refractivity contribution in [1.82, 2.24) is 10.5 Å². The molecule has 1 aromatic rings. The highest BCUT2D eigenvalue weighted by Crippen LogP contribution is 2.09. The van der Waals surface area contributed by atoms with Crippen LogP contribution < -0.4 is 5.32 Å². The van der Waals surface area contributed by atoms with E-state index in [0.717, 1.165) is 12.1 Å². The zero-order chi connectivity index (χ0) is 11.3. The Hall–Kier alpha value is -1.52. The van der Waals surface area contributed by atoms with Gasteiger partial charge in [-0.3, -0.25) is 0 Å². The van der Waals surface area contributed by atoms with Gasteiger partial charge in [0, 0.05) is 18.5 Å². The Morgan fingerprint density at radius 3 is 2.87 bits per heavy atom. The van der Waals surface area contributed by atoms with Gasteiger partial charge in [0.2, 0.25) is 0 Å². The van der Waals surface area contributed by atoms with Gasteiger partial charge in [0.1, 0.15) is 6.26 Å². The average molecular weight is 212 g/mol. The molecule has 84 valence electrons. The summed E-state index contributed by atoms with van der Waals surface area (Å²) in [5, 5.41) is 14.9. The number of amides is 1. The average Bonchev–Trinajstić information content (AvgIpc) is 2.53. The summed E-state index contributed by atoms with van der Waals surface area (Å²) in [7, 11) is 0. The number of nitrogens with one attached hydrogen (secondary N) is 1. The minimum absolute atomic E-state index is 0.104. The summed E-state index contributed by atoms with van der Waals surface area (Å²) in [4.78, 5) is 10.6. The van der Waals surface area contributed by atoms with Crippen LogP contribution in [0.5, 0.6) is 0 Å². The van der Waals surface area contributed by atoms with Gasteiger partial charge in [-0.05, 0) is 12.3 Å². The van der Waals surface area contributed by atoms with E-state index in [1.165, 1.54) is 6.26 Å². The van der Waals surface area contributed by atoms with Crippen molar-refractivity contribution in [3.05, 3.63) is 18.0 Å². The Labute approximate surface area is 88.5 Å². The number of rotatable bonds is 5. The molecule has 2 N–H and O–H groups in total. The predicted octanol–water partition coefficient (Wildman–Crippen LogP) is 1.90. The Kier molecular flexibility index (Phi) is 4.15. The topological polar surface area (TPSA) is 75.4 Å². The molecule has 1 unspecified atom stereocenters. The molecule has 0 aliphatic heterocycles. The molecule has 0 spiro atoms. The van der Waals surface area contributed by atoms with Crippen molar-refractivity contribution in [3.8, 4) is 0 Å². The molecular weight excluding hydrogens is 196 g/mol. The van der Waals surface area contributed by atoms with Gasteiger partial charge in [0.15, 0.2) is 0 Å². The van der Waals surface area contributed by atoms with E-state index in [9.17, 15) is 4.79 Å². The molecule has 0 radical (unpaired) electrons. The monoisotopic (exact) mass is 212 g/mol. The van der Waals surface area contributed by atoms with E-state index in [-0.39, 0.29) is 6.04 Å². The number of aromatic nitrogens is 1. The number of nitrogens with zero attached hydrogens (tertiary/aromatic N) is 1. The van der Waals surface area contributed by atoms with Gasteiger partial charge >= 0.3 is 6.09 Å². The Morgan fingerprint density at radius 2 is 2.40 bits per heavy atom. The smallest absolute Gasteiger partial charge is 0.404 e. The molecule has 0 saturated carbocycles. The maximum Gasteiger partial charge on any atom is 0.404 e. The summed E-state index contributed by atoms with van der Waals surface area (Å²) >= 11 is 0. The first-order valence-corrected chi connectivity index (χ1v) is 4.96. The van der Waals surface area contributed by atoms with Crippen LogP contribution in [0.1, 0.15) is 26.0 Å². The molecule has 5 heteroatoms. The molecule has 1 rings (SSSR count). The van der Waals surface area contributed by atoms with E-state index in [2.05, 4.69) is 24.3 Å². The highest BCUT2D eigenvalue weighted by Gasteiger charge is 2.15. The number of carboxylic acid groups (broad SMARTS) is 1. The van der Waals surface area contributed by atoms with Crippen LogP contribution in [0.15, 0.2) is 16.9 Å². The molecular formula is C10H16N2O3. The molecule has 0 saturated heterocycles. The van der Waals surface area contributed by atoms with Crippen LogP contribution in [0, 0.1) is 5.92 Å². The third kappa shape index (κ3) is 4.49. The van der Waals surface area contributed by atoms with E-state index in [1.54, 1.807) is 6.07 Å². The molecule has 1 aromatic heterocycles. The van der Waals surface area contributed by atoms with E-state index in [4.69, 9.17) is 9.63 Å². The number of carbonyl (C=O) groups is 1. The molecule has 5 nitrogen and oxygen atoms in total. The van der Waals surface area contributed by atoms with Gasteiger partial charge in [0.05, 0.1) is 5.69 Å².